The van der Waals surface area contributed by atoms with E-state index in [1.54, 1.807) is 42.5 Å². The number of carbonyl (C=O) groups is 2. The van der Waals surface area contributed by atoms with Crippen molar-refractivity contribution in [2.45, 2.75) is 12.5 Å². The summed E-state index contributed by atoms with van der Waals surface area (Å²) in [4.78, 5) is 24.5. The Morgan fingerprint density at radius 1 is 1.08 bits per heavy atom. The molecule has 2 amide bonds. The molecule has 0 saturated heterocycles. The van der Waals surface area contributed by atoms with Crippen molar-refractivity contribution < 1.29 is 14.0 Å². The molecular weight excluding hydrogens is 309 g/mol. The molecule has 24 heavy (non-hydrogen) atoms. The fourth-order valence-electron chi connectivity index (χ4n) is 2.15. The Labute approximate surface area is 139 Å². The van der Waals surface area contributed by atoms with Crippen LogP contribution in [0.4, 0.5) is 4.39 Å². The van der Waals surface area contributed by atoms with E-state index in [1.807, 2.05) is 6.07 Å². The number of amides is 2. The van der Waals surface area contributed by atoms with Gasteiger partial charge in [-0.2, -0.15) is 5.26 Å². The molecule has 0 aliphatic carbocycles. The topological polar surface area (TPSA) is 82.0 Å². The SMILES string of the molecule is N#CCNC(=O)[C@H](Cc1ccc(F)cc1)NC(=O)c1ccccc1. The van der Waals surface area contributed by atoms with E-state index < -0.39 is 17.9 Å². The molecule has 0 heterocycles. The van der Waals surface area contributed by atoms with Crippen LogP contribution in [0, 0.1) is 17.1 Å². The standard InChI is InChI=1S/C18H16FN3O2/c19-15-8-6-13(7-9-15)12-16(18(24)21-11-10-20)22-17(23)14-4-2-1-3-5-14/h1-9,16H,11-12H2,(H,21,24)(H,22,23)/t16-/m0/s1. The number of benzene rings is 2. The van der Waals surface area contributed by atoms with Crippen molar-refractivity contribution in [3.63, 3.8) is 0 Å². The molecule has 0 fully saturated rings. The molecule has 2 N–H and O–H groups in total. The van der Waals surface area contributed by atoms with Gasteiger partial charge in [-0.15, -0.1) is 0 Å². The number of hydrogen-bond acceptors (Lipinski definition) is 3. The average molecular weight is 325 g/mol. The van der Waals surface area contributed by atoms with Crippen molar-refractivity contribution in [3.05, 3.63) is 71.5 Å². The molecular formula is C18H16FN3O2. The zero-order chi connectivity index (χ0) is 17.4. The molecule has 0 radical (unpaired) electrons. The third-order valence-electron chi connectivity index (χ3n) is 3.35. The van der Waals surface area contributed by atoms with Gasteiger partial charge in [-0.1, -0.05) is 30.3 Å². The Bertz CT molecular complexity index is 739. The highest BCUT2D eigenvalue weighted by Crippen LogP contribution is 2.07. The normalized spacial score (nSPS) is 11.2. The molecule has 2 aromatic rings. The first-order valence-electron chi connectivity index (χ1n) is 7.35. The van der Waals surface area contributed by atoms with Gasteiger partial charge in [-0.25, -0.2) is 4.39 Å². The van der Waals surface area contributed by atoms with Crippen LogP contribution < -0.4 is 10.6 Å². The lowest BCUT2D eigenvalue weighted by Crippen LogP contribution is -2.48. The molecule has 0 aliphatic rings. The third kappa shape index (κ3) is 4.92. The van der Waals surface area contributed by atoms with Gasteiger partial charge in [-0.05, 0) is 29.8 Å². The van der Waals surface area contributed by atoms with Gasteiger partial charge in [0.15, 0.2) is 0 Å². The summed E-state index contributed by atoms with van der Waals surface area (Å²) in [5.74, 6) is -1.24. The van der Waals surface area contributed by atoms with Gasteiger partial charge in [-0.3, -0.25) is 9.59 Å². The fraction of sp³-hybridized carbons (Fsp3) is 0.167. The third-order valence-corrected chi connectivity index (χ3v) is 3.35. The first kappa shape index (κ1) is 17.2. The van der Waals surface area contributed by atoms with Gasteiger partial charge >= 0.3 is 0 Å². The molecule has 6 heteroatoms. The van der Waals surface area contributed by atoms with Gasteiger partial charge in [0, 0.05) is 12.0 Å². The number of nitrogens with zero attached hydrogens (tertiary/aromatic N) is 1. The Hall–Kier alpha value is -3.20. The minimum atomic E-state index is -0.864. The van der Waals surface area contributed by atoms with E-state index in [1.165, 1.54) is 12.1 Å². The van der Waals surface area contributed by atoms with Gasteiger partial charge in [0.05, 0.1) is 6.07 Å². The molecule has 0 aromatic heterocycles. The number of rotatable bonds is 6. The number of carbonyl (C=O) groups excluding carboxylic acids is 2. The minimum Gasteiger partial charge on any atom is -0.341 e. The van der Waals surface area contributed by atoms with E-state index in [9.17, 15) is 14.0 Å². The van der Waals surface area contributed by atoms with E-state index in [2.05, 4.69) is 10.6 Å². The lowest BCUT2D eigenvalue weighted by molar-refractivity contribution is -0.122. The van der Waals surface area contributed by atoms with Gasteiger partial charge < -0.3 is 10.6 Å². The van der Waals surface area contributed by atoms with Crippen molar-refractivity contribution in [1.29, 1.82) is 5.26 Å². The maximum atomic E-state index is 13.0. The summed E-state index contributed by atoms with van der Waals surface area (Å²) in [6.45, 7) is -0.153. The Morgan fingerprint density at radius 3 is 2.38 bits per heavy atom. The summed E-state index contributed by atoms with van der Waals surface area (Å²) >= 11 is 0. The van der Waals surface area contributed by atoms with Crippen molar-refractivity contribution in [2.75, 3.05) is 6.54 Å². The molecule has 0 saturated carbocycles. The van der Waals surface area contributed by atoms with Crippen molar-refractivity contribution in [1.82, 2.24) is 10.6 Å². The predicted octanol–water partition coefficient (Wildman–Crippen LogP) is 1.81. The van der Waals surface area contributed by atoms with Gasteiger partial charge in [0.2, 0.25) is 5.91 Å². The summed E-state index contributed by atoms with van der Waals surface area (Å²) in [6, 6.07) is 15.1. The van der Waals surface area contributed by atoms with Crippen LogP contribution in [0.2, 0.25) is 0 Å². The molecule has 5 nitrogen and oxygen atoms in total. The predicted molar refractivity (Wildman–Crippen MR) is 86.4 cm³/mol. The van der Waals surface area contributed by atoms with Crippen LogP contribution in [0.5, 0.6) is 0 Å². The minimum absolute atomic E-state index is 0.153. The molecule has 0 unspecified atom stereocenters. The molecule has 122 valence electrons. The highest BCUT2D eigenvalue weighted by molar-refractivity contribution is 5.97. The van der Waals surface area contributed by atoms with Crippen LogP contribution in [-0.4, -0.2) is 24.4 Å². The lowest BCUT2D eigenvalue weighted by Gasteiger charge is -2.18. The fourth-order valence-corrected chi connectivity index (χ4v) is 2.15. The number of nitriles is 1. The summed E-state index contributed by atoms with van der Waals surface area (Å²) < 4.78 is 13.0. The van der Waals surface area contributed by atoms with Crippen LogP contribution in [0.1, 0.15) is 15.9 Å². The summed E-state index contributed by atoms with van der Waals surface area (Å²) in [6.07, 6.45) is 0.191. The Morgan fingerprint density at radius 2 is 1.75 bits per heavy atom. The van der Waals surface area contributed by atoms with Crippen LogP contribution in [0.25, 0.3) is 0 Å². The second-order valence-electron chi connectivity index (χ2n) is 5.10. The molecule has 2 aromatic carbocycles. The van der Waals surface area contributed by atoms with E-state index in [0.717, 1.165) is 0 Å². The molecule has 1 atom stereocenters. The molecule has 2 rings (SSSR count). The molecule has 0 aliphatic heterocycles. The van der Waals surface area contributed by atoms with Crippen LogP contribution in [-0.2, 0) is 11.2 Å². The van der Waals surface area contributed by atoms with Crippen molar-refractivity contribution in [2.24, 2.45) is 0 Å². The van der Waals surface area contributed by atoms with Crippen LogP contribution in [0.3, 0.4) is 0 Å². The quantitative estimate of drug-likeness (QED) is 0.795. The monoisotopic (exact) mass is 325 g/mol. The van der Waals surface area contributed by atoms with Crippen LogP contribution in [0.15, 0.2) is 54.6 Å². The first-order chi connectivity index (χ1) is 11.6. The number of halogens is 1. The van der Waals surface area contributed by atoms with Gasteiger partial charge in [0.1, 0.15) is 18.4 Å². The molecule has 0 bridgehead atoms. The maximum absolute atomic E-state index is 13.0. The Balaban J connectivity index is 2.13. The van der Waals surface area contributed by atoms with Gasteiger partial charge in [0.25, 0.3) is 5.91 Å². The largest absolute Gasteiger partial charge is 0.341 e. The number of nitrogens with one attached hydrogen (secondary N) is 2. The van der Waals surface area contributed by atoms with E-state index in [4.69, 9.17) is 5.26 Å². The highest BCUT2D eigenvalue weighted by atomic mass is 19.1. The summed E-state index contributed by atoms with van der Waals surface area (Å²) in [5, 5.41) is 13.7. The first-order valence-corrected chi connectivity index (χ1v) is 7.35. The summed E-state index contributed by atoms with van der Waals surface area (Å²) in [7, 11) is 0. The van der Waals surface area contributed by atoms with E-state index in [-0.39, 0.29) is 18.8 Å². The second kappa shape index (κ2) is 8.44. The average Bonchev–Trinajstić information content (AvgIpc) is 2.61. The maximum Gasteiger partial charge on any atom is 0.251 e. The Kier molecular flexibility index (Phi) is 6.03. The zero-order valence-electron chi connectivity index (χ0n) is 12.8. The lowest BCUT2D eigenvalue weighted by atomic mass is 10.0. The van der Waals surface area contributed by atoms with Crippen molar-refractivity contribution >= 4 is 11.8 Å². The van der Waals surface area contributed by atoms with E-state index in [0.29, 0.717) is 11.1 Å². The van der Waals surface area contributed by atoms with E-state index >= 15 is 0 Å². The van der Waals surface area contributed by atoms with Crippen molar-refractivity contribution in [3.8, 4) is 6.07 Å². The molecule has 0 spiro atoms. The number of hydrogen-bond donors (Lipinski definition) is 2. The second-order valence-corrected chi connectivity index (χ2v) is 5.10. The van der Waals surface area contributed by atoms with Crippen LogP contribution >= 0.6 is 0 Å². The zero-order valence-corrected chi connectivity index (χ0v) is 12.8. The smallest absolute Gasteiger partial charge is 0.251 e. The summed E-state index contributed by atoms with van der Waals surface area (Å²) in [5.41, 5.74) is 1.12. The highest BCUT2D eigenvalue weighted by Gasteiger charge is 2.21.